The zero-order valence-electron chi connectivity index (χ0n) is 14.8. The lowest BCUT2D eigenvalue weighted by atomic mass is 10.1. The minimum Gasteiger partial charge on any atom is -0.297 e. The summed E-state index contributed by atoms with van der Waals surface area (Å²) in [6.45, 7) is -0.00462. The standard InChI is InChI=1S/C20H13ClN4O3S/c21-15-8-4-1-5-12(15)9-10-16(26)22-20-24-23-17(29-20)11-25-18(27)13-6-2-3-7-14(13)19(25)28/h1-10H,11H2,(H,22,24,26)/b10-9+. The fourth-order valence-corrected chi connectivity index (χ4v) is 3.74. The van der Waals surface area contributed by atoms with Crippen molar-refractivity contribution in [1.29, 1.82) is 0 Å². The largest absolute Gasteiger partial charge is 0.297 e. The van der Waals surface area contributed by atoms with Crippen molar-refractivity contribution in [2.24, 2.45) is 0 Å². The Kier molecular flexibility index (Phi) is 5.20. The van der Waals surface area contributed by atoms with Gasteiger partial charge in [0.1, 0.15) is 5.01 Å². The Morgan fingerprint density at radius 3 is 2.38 bits per heavy atom. The van der Waals surface area contributed by atoms with Gasteiger partial charge in [0.15, 0.2) is 0 Å². The van der Waals surface area contributed by atoms with Crippen molar-refractivity contribution in [3.8, 4) is 0 Å². The molecule has 1 aromatic heterocycles. The molecule has 0 saturated carbocycles. The number of nitrogens with one attached hydrogen (secondary N) is 1. The zero-order chi connectivity index (χ0) is 20.4. The quantitative estimate of drug-likeness (QED) is 0.498. The lowest BCUT2D eigenvalue weighted by Crippen LogP contribution is -2.29. The molecule has 0 bridgehead atoms. The Balaban J connectivity index is 1.40. The Morgan fingerprint density at radius 1 is 1.03 bits per heavy atom. The number of rotatable bonds is 5. The molecule has 0 aliphatic carbocycles. The molecule has 7 nitrogen and oxygen atoms in total. The Labute approximate surface area is 174 Å². The number of amides is 3. The summed E-state index contributed by atoms with van der Waals surface area (Å²) in [6, 6.07) is 13.8. The number of benzene rings is 2. The van der Waals surface area contributed by atoms with Gasteiger partial charge in [-0.25, -0.2) is 0 Å². The first kappa shape index (κ1) is 19.0. The van der Waals surface area contributed by atoms with Crippen LogP contribution in [0.3, 0.4) is 0 Å². The number of imide groups is 1. The molecule has 0 unspecified atom stereocenters. The monoisotopic (exact) mass is 424 g/mol. The van der Waals surface area contributed by atoms with Gasteiger partial charge in [-0.05, 0) is 29.8 Å². The molecule has 9 heteroatoms. The number of carbonyl (C=O) groups excluding carboxylic acids is 3. The summed E-state index contributed by atoms with van der Waals surface area (Å²) in [4.78, 5) is 38.0. The number of halogens is 1. The van der Waals surface area contributed by atoms with Crippen LogP contribution in [0.4, 0.5) is 5.13 Å². The van der Waals surface area contributed by atoms with E-state index in [4.69, 9.17) is 11.6 Å². The van der Waals surface area contributed by atoms with Gasteiger partial charge in [-0.3, -0.25) is 24.6 Å². The van der Waals surface area contributed by atoms with Crippen molar-refractivity contribution in [1.82, 2.24) is 15.1 Å². The van der Waals surface area contributed by atoms with Gasteiger partial charge in [0, 0.05) is 11.1 Å². The van der Waals surface area contributed by atoms with Crippen LogP contribution in [0, 0.1) is 0 Å². The Morgan fingerprint density at radius 2 is 1.69 bits per heavy atom. The molecule has 2 aromatic carbocycles. The first-order valence-electron chi connectivity index (χ1n) is 8.54. The van der Waals surface area contributed by atoms with Crippen LogP contribution in [0.2, 0.25) is 5.02 Å². The second-order valence-electron chi connectivity index (χ2n) is 6.09. The molecule has 144 valence electrons. The summed E-state index contributed by atoms with van der Waals surface area (Å²) in [6.07, 6.45) is 2.94. The predicted molar refractivity (Wildman–Crippen MR) is 110 cm³/mol. The molecule has 1 N–H and O–H groups in total. The van der Waals surface area contributed by atoms with Crippen LogP contribution in [0.15, 0.2) is 54.6 Å². The molecule has 0 saturated heterocycles. The summed E-state index contributed by atoms with van der Waals surface area (Å²) in [5.74, 6) is -1.13. The van der Waals surface area contributed by atoms with Crippen molar-refractivity contribution in [3.05, 3.63) is 81.3 Å². The number of anilines is 1. The van der Waals surface area contributed by atoms with Gasteiger partial charge in [-0.1, -0.05) is 53.3 Å². The fourth-order valence-electron chi connectivity index (χ4n) is 2.81. The maximum absolute atomic E-state index is 12.4. The van der Waals surface area contributed by atoms with E-state index in [1.807, 2.05) is 6.07 Å². The van der Waals surface area contributed by atoms with Gasteiger partial charge in [-0.2, -0.15) is 0 Å². The van der Waals surface area contributed by atoms with Crippen molar-refractivity contribution in [2.75, 3.05) is 5.32 Å². The molecule has 0 atom stereocenters. The topological polar surface area (TPSA) is 92.3 Å². The highest BCUT2D eigenvalue weighted by atomic mass is 35.5. The van der Waals surface area contributed by atoms with Crippen LogP contribution < -0.4 is 5.32 Å². The number of nitrogens with zero attached hydrogens (tertiary/aromatic N) is 3. The molecule has 0 fully saturated rings. The third-order valence-corrected chi connectivity index (χ3v) is 5.36. The van der Waals surface area contributed by atoms with Crippen molar-refractivity contribution < 1.29 is 14.4 Å². The maximum Gasteiger partial charge on any atom is 0.261 e. The lowest BCUT2D eigenvalue weighted by Gasteiger charge is -2.10. The minimum atomic E-state index is -0.395. The highest BCUT2D eigenvalue weighted by molar-refractivity contribution is 7.15. The molecule has 3 aromatic rings. The van der Waals surface area contributed by atoms with E-state index in [9.17, 15) is 14.4 Å². The zero-order valence-corrected chi connectivity index (χ0v) is 16.4. The summed E-state index contributed by atoms with van der Waals surface area (Å²) in [5.41, 5.74) is 1.47. The summed E-state index contributed by atoms with van der Waals surface area (Å²) < 4.78 is 0. The highest BCUT2D eigenvalue weighted by Gasteiger charge is 2.35. The number of hydrogen-bond donors (Lipinski definition) is 1. The summed E-state index contributed by atoms with van der Waals surface area (Å²) in [7, 11) is 0. The average Bonchev–Trinajstić information content (AvgIpc) is 3.26. The molecule has 0 spiro atoms. The van der Waals surface area contributed by atoms with E-state index in [2.05, 4.69) is 15.5 Å². The Bertz CT molecular complexity index is 1120. The van der Waals surface area contributed by atoms with Crippen LogP contribution in [0.1, 0.15) is 31.3 Å². The van der Waals surface area contributed by atoms with Crippen LogP contribution in [0.25, 0.3) is 6.08 Å². The van der Waals surface area contributed by atoms with E-state index in [-0.39, 0.29) is 23.5 Å². The molecule has 1 aliphatic rings. The highest BCUT2D eigenvalue weighted by Crippen LogP contribution is 2.26. The predicted octanol–water partition coefficient (Wildman–Crippen LogP) is 3.64. The van der Waals surface area contributed by atoms with Crippen LogP contribution in [-0.2, 0) is 11.3 Å². The van der Waals surface area contributed by atoms with Gasteiger partial charge < -0.3 is 0 Å². The molecular weight excluding hydrogens is 412 g/mol. The first-order chi connectivity index (χ1) is 14.0. The van der Waals surface area contributed by atoms with E-state index in [0.717, 1.165) is 16.2 Å². The van der Waals surface area contributed by atoms with Crippen molar-refractivity contribution in [2.45, 2.75) is 6.54 Å². The van der Waals surface area contributed by atoms with E-state index in [1.165, 1.54) is 6.08 Å². The summed E-state index contributed by atoms with van der Waals surface area (Å²) in [5, 5.41) is 11.7. The SMILES string of the molecule is O=C(/C=C/c1ccccc1Cl)Nc1nnc(CN2C(=O)c3ccccc3C2=O)s1. The van der Waals surface area contributed by atoms with E-state index < -0.39 is 5.91 Å². The van der Waals surface area contributed by atoms with Gasteiger partial charge in [-0.15, -0.1) is 10.2 Å². The van der Waals surface area contributed by atoms with Crippen LogP contribution >= 0.6 is 22.9 Å². The second-order valence-corrected chi connectivity index (χ2v) is 7.56. The van der Waals surface area contributed by atoms with E-state index in [1.54, 1.807) is 48.5 Å². The van der Waals surface area contributed by atoms with Crippen LogP contribution in [-0.4, -0.2) is 32.8 Å². The van der Waals surface area contributed by atoms with Crippen molar-refractivity contribution in [3.63, 3.8) is 0 Å². The molecule has 2 heterocycles. The van der Waals surface area contributed by atoms with Gasteiger partial charge in [0.25, 0.3) is 11.8 Å². The molecule has 0 radical (unpaired) electrons. The van der Waals surface area contributed by atoms with Crippen molar-refractivity contribution >= 4 is 51.9 Å². The van der Waals surface area contributed by atoms with Gasteiger partial charge >= 0.3 is 0 Å². The molecule has 29 heavy (non-hydrogen) atoms. The van der Waals surface area contributed by atoms with E-state index >= 15 is 0 Å². The molecular formula is C20H13ClN4O3S. The third kappa shape index (κ3) is 3.94. The molecule has 1 aliphatic heterocycles. The molecule has 4 rings (SSSR count). The van der Waals surface area contributed by atoms with Crippen LogP contribution in [0.5, 0.6) is 0 Å². The lowest BCUT2D eigenvalue weighted by molar-refractivity contribution is -0.111. The smallest absolute Gasteiger partial charge is 0.261 e. The fraction of sp³-hybridized carbons (Fsp3) is 0.0500. The number of hydrogen-bond acceptors (Lipinski definition) is 6. The number of fused-ring (bicyclic) bond motifs is 1. The number of carbonyl (C=O) groups is 3. The van der Waals surface area contributed by atoms with E-state index in [0.29, 0.717) is 26.7 Å². The number of aromatic nitrogens is 2. The van der Waals surface area contributed by atoms with Gasteiger partial charge in [0.05, 0.1) is 17.7 Å². The maximum atomic E-state index is 12.4. The minimum absolute atomic E-state index is 0.00462. The first-order valence-corrected chi connectivity index (χ1v) is 9.73. The summed E-state index contributed by atoms with van der Waals surface area (Å²) >= 11 is 7.14. The molecule has 3 amide bonds. The van der Waals surface area contributed by atoms with Gasteiger partial charge in [0.2, 0.25) is 11.0 Å². The normalized spacial score (nSPS) is 13.2. The third-order valence-electron chi connectivity index (χ3n) is 4.19. The second kappa shape index (κ2) is 7.94. The Hall–Kier alpha value is -3.36. The average molecular weight is 425 g/mol.